The Labute approximate surface area is 95.8 Å². The fourth-order valence-electron chi connectivity index (χ4n) is 1.18. The van der Waals surface area contributed by atoms with Crippen molar-refractivity contribution >= 4 is 22.9 Å². The molecule has 80 valence electrons. The minimum Gasteiger partial charge on any atom is -0.386 e. The van der Waals surface area contributed by atoms with Gasteiger partial charge in [-0.25, -0.2) is 0 Å². The smallest absolute Gasteiger partial charge is 0.101 e. The maximum Gasteiger partial charge on any atom is 0.101 e. The summed E-state index contributed by atoms with van der Waals surface area (Å²) in [4.78, 5) is 0.985. The summed E-state index contributed by atoms with van der Waals surface area (Å²) in [6.07, 6.45) is -0.434. The first-order chi connectivity index (χ1) is 7.36. The summed E-state index contributed by atoms with van der Waals surface area (Å²) in [5.41, 5.74) is 0.915. The molecule has 0 radical (unpaired) electrons. The lowest BCUT2D eigenvalue weighted by molar-refractivity contribution is 0.178. The molecule has 15 heavy (non-hydrogen) atoms. The first-order valence-corrected chi connectivity index (χ1v) is 6.26. The van der Waals surface area contributed by atoms with E-state index in [1.165, 1.54) is 11.5 Å². The third-order valence-corrected chi connectivity index (χ3v) is 3.45. The predicted octanol–water partition coefficient (Wildman–Crippen LogP) is 1.42. The summed E-state index contributed by atoms with van der Waals surface area (Å²) >= 11 is 2.90. The van der Waals surface area contributed by atoms with Gasteiger partial charge in [0.25, 0.3) is 0 Å². The summed E-state index contributed by atoms with van der Waals surface area (Å²) in [6.45, 7) is 1.19. The molecule has 2 aromatic heterocycles. The van der Waals surface area contributed by atoms with Gasteiger partial charge in [-0.2, -0.15) is 0 Å². The molecular weight excluding hydrogens is 230 g/mol. The van der Waals surface area contributed by atoms with E-state index in [1.807, 2.05) is 22.9 Å². The Bertz CT molecular complexity index is 374. The summed E-state index contributed by atoms with van der Waals surface area (Å²) in [6, 6.07) is 3.87. The number of hydrogen-bond acceptors (Lipinski definition) is 6. The van der Waals surface area contributed by atoms with Crippen LogP contribution < -0.4 is 5.32 Å². The van der Waals surface area contributed by atoms with Crippen molar-refractivity contribution < 1.29 is 5.11 Å². The Kier molecular flexibility index (Phi) is 3.79. The Morgan fingerprint density at radius 3 is 3.13 bits per heavy atom. The maximum atomic E-state index is 9.75. The average Bonchev–Trinajstić information content (AvgIpc) is 2.90. The highest BCUT2D eigenvalue weighted by molar-refractivity contribution is 7.10. The molecule has 2 aromatic rings. The van der Waals surface area contributed by atoms with E-state index in [9.17, 15) is 5.11 Å². The van der Waals surface area contributed by atoms with Crippen LogP contribution in [-0.4, -0.2) is 21.2 Å². The zero-order valence-electron chi connectivity index (χ0n) is 7.96. The molecule has 0 aliphatic rings. The normalized spacial score (nSPS) is 12.9. The van der Waals surface area contributed by atoms with E-state index in [0.29, 0.717) is 13.1 Å². The van der Waals surface area contributed by atoms with Crippen molar-refractivity contribution in [2.24, 2.45) is 0 Å². The van der Waals surface area contributed by atoms with Gasteiger partial charge in [-0.15, -0.1) is 16.4 Å². The first kappa shape index (κ1) is 10.7. The molecular formula is C9H11N3OS2. The second-order valence-corrected chi connectivity index (χ2v) is 4.65. The Hall–Kier alpha value is -0.820. The highest BCUT2D eigenvalue weighted by atomic mass is 32.1. The van der Waals surface area contributed by atoms with Crippen molar-refractivity contribution in [1.82, 2.24) is 14.9 Å². The zero-order chi connectivity index (χ0) is 10.5. The molecule has 0 amide bonds. The Morgan fingerprint density at radius 2 is 2.47 bits per heavy atom. The lowest BCUT2D eigenvalue weighted by Gasteiger charge is -2.08. The van der Waals surface area contributed by atoms with E-state index >= 15 is 0 Å². The molecule has 0 saturated carbocycles. The molecule has 1 unspecified atom stereocenters. The number of nitrogens with zero attached hydrogens (tertiary/aromatic N) is 2. The molecule has 6 heteroatoms. The average molecular weight is 241 g/mol. The standard InChI is InChI=1S/C9H11N3OS2/c13-8(9-2-1-3-14-9)5-10-4-7-6-15-12-11-7/h1-3,6,8,10,13H,4-5H2. The number of rotatable bonds is 5. The van der Waals surface area contributed by atoms with Crippen molar-refractivity contribution in [3.63, 3.8) is 0 Å². The van der Waals surface area contributed by atoms with Gasteiger partial charge >= 0.3 is 0 Å². The molecule has 1 atom stereocenters. The van der Waals surface area contributed by atoms with Gasteiger partial charge in [0.05, 0.1) is 5.69 Å². The van der Waals surface area contributed by atoms with Crippen LogP contribution in [0.2, 0.25) is 0 Å². The van der Waals surface area contributed by atoms with Crippen molar-refractivity contribution in [1.29, 1.82) is 0 Å². The van der Waals surface area contributed by atoms with Crippen LogP contribution in [0.4, 0.5) is 0 Å². The maximum absolute atomic E-state index is 9.75. The molecule has 0 aliphatic heterocycles. The third-order valence-electron chi connectivity index (χ3n) is 1.92. The van der Waals surface area contributed by atoms with Crippen molar-refractivity contribution in [3.05, 3.63) is 33.5 Å². The van der Waals surface area contributed by atoms with Crippen LogP contribution in [0.15, 0.2) is 22.9 Å². The van der Waals surface area contributed by atoms with Crippen molar-refractivity contribution in [2.45, 2.75) is 12.6 Å². The fraction of sp³-hybridized carbons (Fsp3) is 0.333. The molecule has 0 saturated heterocycles. The van der Waals surface area contributed by atoms with E-state index < -0.39 is 6.10 Å². The van der Waals surface area contributed by atoms with E-state index in [-0.39, 0.29) is 0 Å². The van der Waals surface area contributed by atoms with Gasteiger partial charge in [0.2, 0.25) is 0 Å². The molecule has 0 aliphatic carbocycles. The van der Waals surface area contributed by atoms with E-state index in [1.54, 1.807) is 11.3 Å². The van der Waals surface area contributed by atoms with Gasteiger partial charge in [0, 0.05) is 23.3 Å². The zero-order valence-corrected chi connectivity index (χ0v) is 9.59. The third kappa shape index (κ3) is 3.07. The number of aromatic nitrogens is 2. The molecule has 2 N–H and O–H groups in total. The second kappa shape index (κ2) is 5.32. The van der Waals surface area contributed by atoms with Crippen LogP contribution in [0.5, 0.6) is 0 Å². The summed E-state index contributed by atoms with van der Waals surface area (Å²) in [7, 11) is 0. The lowest BCUT2D eigenvalue weighted by atomic mass is 10.3. The van der Waals surface area contributed by atoms with Crippen molar-refractivity contribution in [2.75, 3.05) is 6.54 Å². The minimum atomic E-state index is -0.434. The minimum absolute atomic E-state index is 0.434. The molecule has 2 rings (SSSR count). The van der Waals surface area contributed by atoms with Gasteiger partial charge in [-0.3, -0.25) is 0 Å². The fourth-order valence-corrected chi connectivity index (χ4v) is 2.34. The van der Waals surface area contributed by atoms with Gasteiger partial charge in [-0.1, -0.05) is 10.6 Å². The van der Waals surface area contributed by atoms with Gasteiger partial charge < -0.3 is 10.4 Å². The van der Waals surface area contributed by atoms with Crippen molar-refractivity contribution in [3.8, 4) is 0 Å². The van der Waals surface area contributed by atoms with Crippen LogP contribution in [0.25, 0.3) is 0 Å². The monoisotopic (exact) mass is 241 g/mol. The summed E-state index contributed by atoms with van der Waals surface area (Å²) in [5.74, 6) is 0. The van der Waals surface area contributed by atoms with Gasteiger partial charge in [0.15, 0.2) is 0 Å². The number of aliphatic hydroxyl groups excluding tert-OH is 1. The van der Waals surface area contributed by atoms with Crippen LogP contribution in [0.1, 0.15) is 16.7 Å². The summed E-state index contributed by atoms with van der Waals surface area (Å²) in [5, 5.41) is 20.6. The van der Waals surface area contributed by atoms with Crippen LogP contribution in [-0.2, 0) is 6.54 Å². The summed E-state index contributed by atoms with van der Waals surface area (Å²) < 4.78 is 3.76. The molecule has 0 spiro atoms. The van der Waals surface area contributed by atoms with E-state index in [2.05, 4.69) is 14.9 Å². The lowest BCUT2D eigenvalue weighted by Crippen LogP contribution is -2.20. The molecule has 0 aromatic carbocycles. The largest absolute Gasteiger partial charge is 0.386 e. The molecule has 0 bridgehead atoms. The van der Waals surface area contributed by atoms with Crippen LogP contribution in [0, 0.1) is 0 Å². The topological polar surface area (TPSA) is 58.0 Å². The molecule has 2 heterocycles. The SMILES string of the molecule is OC(CNCc1csnn1)c1cccs1. The quantitative estimate of drug-likeness (QED) is 0.831. The highest BCUT2D eigenvalue weighted by Crippen LogP contribution is 2.17. The molecule has 4 nitrogen and oxygen atoms in total. The Balaban J connectivity index is 1.74. The van der Waals surface area contributed by atoms with Gasteiger partial charge in [-0.05, 0) is 23.0 Å². The van der Waals surface area contributed by atoms with E-state index in [0.717, 1.165) is 10.6 Å². The first-order valence-electron chi connectivity index (χ1n) is 4.54. The highest BCUT2D eigenvalue weighted by Gasteiger charge is 2.07. The van der Waals surface area contributed by atoms with Crippen LogP contribution >= 0.6 is 22.9 Å². The second-order valence-electron chi connectivity index (χ2n) is 3.06. The van der Waals surface area contributed by atoms with Gasteiger partial charge in [0.1, 0.15) is 6.10 Å². The number of aliphatic hydroxyl groups is 1. The number of thiophene rings is 1. The molecule has 0 fully saturated rings. The van der Waals surface area contributed by atoms with E-state index in [4.69, 9.17) is 0 Å². The number of nitrogens with one attached hydrogen (secondary N) is 1. The predicted molar refractivity (Wildman–Crippen MR) is 60.9 cm³/mol. The number of hydrogen-bond donors (Lipinski definition) is 2. The Morgan fingerprint density at radius 1 is 1.53 bits per heavy atom. The van der Waals surface area contributed by atoms with Crippen LogP contribution in [0.3, 0.4) is 0 Å².